The van der Waals surface area contributed by atoms with E-state index in [1.165, 1.54) is 19.3 Å². The van der Waals surface area contributed by atoms with Gasteiger partial charge in [-0.25, -0.2) is 4.98 Å². The van der Waals surface area contributed by atoms with Crippen molar-refractivity contribution in [3.05, 3.63) is 16.7 Å². The average molecular weight is 272 g/mol. The minimum Gasteiger partial charge on any atom is -0.344 e. The van der Waals surface area contributed by atoms with E-state index >= 15 is 0 Å². The van der Waals surface area contributed by atoms with Gasteiger partial charge < -0.3 is 10.3 Å². The molecule has 3 nitrogen and oxygen atoms in total. The van der Waals surface area contributed by atoms with Crippen molar-refractivity contribution in [3.8, 4) is 0 Å². The zero-order chi connectivity index (χ0) is 13.4. The first-order valence-electron chi connectivity index (χ1n) is 7.17. The van der Waals surface area contributed by atoms with Gasteiger partial charge in [-0.1, -0.05) is 45.2 Å². The van der Waals surface area contributed by atoms with E-state index in [0.717, 1.165) is 37.3 Å². The number of hydrogen-bond donors (Lipinski definition) is 2. The van der Waals surface area contributed by atoms with E-state index in [2.05, 4.69) is 36.1 Å². The highest BCUT2D eigenvalue weighted by Crippen LogP contribution is 2.14. The number of hydrogen-bond acceptors (Lipinski definition) is 2. The molecule has 0 aliphatic carbocycles. The molecule has 1 unspecified atom stereocenters. The van der Waals surface area contributed by atoms with Crippen molar-refractivity contribution in [2.45, 2.75) is 71.9 Å². The lowest BCUT2D eigenvalue weighted by Crippen LogP contribution is -2.27. The Labute approximate surface area is 116 Å². The summed E-state index contributed by atoms with van der Waals surface area (Å²) in [6, 6.07) is 0.577. The van der Waals surface area contributed by atoms with Crippen LogP contribution in [-0.2, 0) is 13.0 Å². The highest BCUT2D eigenvalue weighted by Gasteiger charge is 2.10. The molecule has 1 rings (SSSR count). The quantitative estimate of drug-likeness (QED) is 0.711. The van der Waals surface area contributed by atoms with Crippen LogP contribution in [0.15, 0.2) is 0 Å². The average Bonchev–Trinajstić information content (AvgIpc) is 2.72. The van der Waals surface area contributed by atoms with Crippen molar-refractivity contribution in [1.82, 2.24) is 15.3 Å². The third-order valence-corrected chi connectivity index (χ3v) is 3.55. The Balaban J connectivity index is 2.48. The molecule has 104 valence electrons. The van der Waals surface area contributed by atoms with E-state index in [1.54, 1.807) is 0 Å². The largest absolute Gasteiger partial charge is 0.344 e. The molecule has 18 heavy (non-hydrogen) atoms. The standard InChI is InChI=1S/C14H26ClN3/c1-4-7-9-13-17-12(14(15)18-13)10-16-11(6-3)8-5-2/h11,16H,4-10H2,1-3H3,(H,17,18). The molecule has 1 heterocycles. The number of nitrogens with zero attached hydrogens (tertiary/aromatic N) is 1. The second kappa shape index (κ2) is 8.54. The van der Waals surface area contributed by atoms with Gasteiger partial charge in [-0.3, -0.25) is 0 Å². The van der Waals surface area contributed by atoms with Crippen LogP contribution in [0.25, 0.3) is 0 Å². The molecule has 4 heteroatoms. The van der Waals surface area contributed by atoms with Crippen molar-refractivity contribution in [2.24, 2.45) is 0 Å². The maximum atomic E-state index is 6.15. The van der Waals surface area contributed by atoms with E-state index in [9.17, 15) is 0 Å². The molecule has 0 radical (unpaired) electrons. The first kappa shape index (κ1) is 15.5. The number of halogens is 1. The molecule has 0 saturated heterocycles. The highest BCUT2D eigenvalue weighted by molar-refractivity contribution is 6.30. The molecular weight excluding hydrogens is 246 g/mol. The predicted molar refractivity (Wildman–Crippen MR) is 78.0 cm³/mol. The van der Waals surface area contributed by atoms with Gasteiger partial charge in [0, 0.05) is 19.0 Å². The normalized spacial score (nSPS) is 12.9. The van der Waals surface area contributed by atoms with Crippen molar-refractivity contribution in [3.63, 3.8) is 0 Å². The van der Waals surface area contributed by atoms with Crippen LogP contribution < -0.4 is 5.32 Å². The zero-order valence-corrected chi connectivity index (χ0v) is 12.6. The van der Waals surface area contributed by atoms with Gasteiger partial charge >= 0.3 is 0 Å². The molecule has 0 fully saturated rings. The molecule has 1 aromatic heterocycles. The zero-order valence-electron chi connectivity index (χ0n) is 11.9. The molecule has 0 saturated carbocycles. The van der Waals surface area contributed by atoms with E-state index in [4.69, 9.17) is 11.6 Å². The second-order valence-electron chi connectivity index (χ2n) is 4.83. The van der Waals surface area contributed by atoms with Crippen LogP contribution in [0, 0.1) is 0 Å². The number of imidazole rings is 1. The van der Waals surface area contributed by atoms with Gasteiger partial charge in [0.25, 0.3) is 0 Å². The summed E-state index contributed by atoms with van der Waals surface area (Å²) in [5.74, 6) is 1.02. The van der Waals surface area contributed by atoms with Crippen molar-refractivity contribution < 1.29 is 0 Å². The lowest BCUT2D eigenvalue weighted by atomic mass is 10.1. The maximum absolute atomic E-state index is 6.15. The molecule has 1 atom stereocenters. The minimum atomic E-state index is 0.577. The number of rotatable bonds is 9. The Bertz CT molecular complexity index is 336. The van der Waals surface area contributed by atoms with Crippen molar-refractivity contribution in [1.29, 1.82) is 0 Å². The second-order valence-corrected chi connectivity index (χ2v) is 5.19. The molecule has 2 N–H and O–H groups in total. The number of nitrogens with one attached hydrogen (secondary N) is 2. The van der Waals surface area contributed by atoms with E-state index < -0.39 is 0 Å². The smallest absolute Gasteiger partial charge is 0.151 e. The molecular formula is C14H26ClN3. The number of H-pyrrole nitrogens is 1. The lowest BCUT2D eigenvalue weighted by molar-refractivity contribution is 0.460. The van der Waals surface area contributed by atoms with Crippen LogP contribution in [0.1, 0.15) is 64.4 Å². The number of aryl methyl sites for hydroxylation is 1. The van der Waals surface area contributed by atoms with E-state index in [1.807, 2.05) is 0 Å². The molecule has 0 bridgehead atoms. The molecule has 0 aromatic carbocycles. The summed E-state index contributed by atoms with van der Waals surface area (Å²) in [4.78, 5) is 7.70. The number of aromatic amines is 1. The first-order valence-corrected chi connectivity index (χ1v) is 7.55. The monoisotopic (exact) mass is 271 g/mol. The van der Waals surface area contributed by atoms with Crippen LogP contribution in [0.3, 0.4) is 0 Å². The van der Waals surface area contributed by atoms with Crippen LogP contribution >= 0.6 is 11.6 Å². The van der Waals surface area contributed by atoms with Crippen LogP contribution in [0.2, 0.25) is 5.15 Å². The predicted octanol–water partition coefficient (Wildman–Crippen LogP) is 4.07. The number of aromatic nitrogens is 2. The van der Waals surface area contributed by atoms with Crippen molar-refractivity contribution >= 4 is 11.6 Å². The van der Waals surface area contributed by atoms with E-state index in [-0.39, 0.29) is 0 Å². The fraction of sp³-hybridized carbons (Fsp3) is 0.786. The maximum Gasteiger partial charge on any atom is 0.151 e. The van der Waals surface area contributed by atoms with Gasteiger partial charge in [-0.15, -0.1) is 0 Å². The van der Waals surface area contributed by atoms with Gasteiger partial charge in [-0.05, 0) is 19.3 Å². The molecule has 1 aromatic rings. The van der Waals surface area contributed by atoms with Gasteiger partial charge in [0.15, 0.2) is 5.15 Å². The Kier molecular flexibility index (Phi) is 7.36. The number of unbranched alkanes of at least 4 members (excludes halogenated alkanes) is 1. The molecule has 0 amide bonds. The Morgan fingerprint density at radius 3 is 2.67 bits per heavy atom. The summed E-state index contributed by atoms with van der Waals surface area (Å²) in [5.41, 5.74) is 1.03. The summed E-state index contributed by atoms with van der Waals surface area (Å²) in [6.07, 6.45) is 6.91. The highest BCUT2D eigenvalue weighted by atomic mass is 35.5. The Morgan fingerprint density at radius 2 is 2.06 bits per heavy atom. The lowest BCUT2D eigenvalue weighted by Gasteiger charge is -2.15. The third-order valence-electron chi connectivity index (χ3n) is 3.24. The fourth-order valence-electron chi connectivity index (χ4n) is 2.06. The minimum absolute atomic E-state index is 0.577. The van der Waals surface area contributed by atoms with Gasteiger partial charge in [-0.2, -0.15) is 0 Å². The van der Waals surface area contributed by atoms with Crippen LogP contribution in [-0.4, -0.2) is 16.0 Å². The van der Waals surface area contributed by atoms with Crippen molar-refractivity contribution in [2.75, 3.05) is 0 Å². The molecule has 0 aliphatic rings. The fourth-order valence-corrected chi connectivity index (χ4v) is 2.28. The summed E-state index contributed by atoms with van der Waals surface area (Å²) in [6.45, 7) is 7.41. The summed E-state index contributed by atoms with van der Waals surface area (Å²) >= 11 is 6.15. The van der Waals surface area contributed by atoms with Crippen LogP contribution in [0.4, 0.5) is 0 Å². The summed E-state index contributed by atoms with van der Waals surface area (Å²) in [5, 5.41) is 4.17. The van der Waals surface area contributed by atoms with E-state index in [0.29, 0.717) is 11.2 Å². The van der Waals surface area contributed by atoms with Gasteiger partial charge in [0.05, 0.1) is 5.69 Å². The van der Waals surface area contributed by atoms with Gasteiger partial charge in [0.2, 0.25) is 0 Å². The van der Waals surface area contributed by atoms with Gasteiger partial charge in [0.1, 0.15) is 5.82 Å². The molecule has 0 spiro atoms. The first-order chi connectivity index (χ1) is 8.71. The third kappa shape index (κ3) is 4.99. The SMILES string of the molecule is CCCCc1nc(Cl)c(CNC(CC)CCC)[nH]1. The Hall–Kier alpha value is -0.540. The summed E-state index contributed by atoms with van der Waals surface area (Å²) in [7, 11) is 0. The Morgan fingerprint density at radius 1 is 1.28 bits per heavy atom. The summed E-state index contributed by atoms with van der Waals surface area (Å²) < 4.78 is 0. The topological polar surface area (TPSA) is 40.7 Å². The van der Waals surface area contributed by atoms with Crippen LogP contribution in [0.5, 0.6) is 0 Å². The molecule has 0 aliphatic heterocycles.